The van der Waals surface area contributed by atoms with Crippen LogP contribution in [-0.4, -0.2) is 17.5 Å². The molecule has 0 aliphatic heterocycles. The van der Waals surface area contributed by atoms with E-state index in [9.17, 15) is 17.5 Å². The fraction of sp³-hybridized carbons (Fsp3) is 0.333. The normalized spacial score (nSPS) is 16.0. The second-order valence-electron chi connectivity index (χ2n) is 6.38. The molecule has 0 radical (unpaired) electrons. The van der Waals surface area contributed by atoms with Crippen LogP contribution in [0, 0.1) is 13.8 Å². The summed E-state index contributed by atoms with van der Waals surface area (Å²) in [5.74, 6) is 0. The van der Waals surface area contributed by atoms with Crippen molar-refractivity contribution in [2.75, 3.05) is 0 Å². The molecule has 0 aliphatic carbocycles. The summed E-state index contributed by atoms with van der Waals surface area (Å²) in [4.78, 5) is 0.608. The summed E-state index contributed by atoms with van der Waals surface area (Å²) < 4.78 is 43.2. The van der Waals surface area contributed by atoms with Crippen LogP contribution in [0.4, 0.5) is 0 Å². The average Bonchev–Trinajstić information content (AvgIpc) is 2.49. The largest absolute Gasteiger partial charge is 0.302 e. The highest BCUT2D eigenvalue weighted by atomic mass is 32.8. The van der Waals surface area contributed by atoms with Gasteiger partial charge in [-0.1, -0.05) is 35.4 Å². The Labute approximate surface area is 165 Å². The van der Waals surface area contributed by atoms with Crippen LogP contribution >= 0.6 is 0 Å². The Morgan fingerprint density at radius 1 is 0.769 bits per heavy atom. The van der Waals surface area contributed by atoms with Crippen molar-refractivity contribution in [1.82, 2.24) is 0 Å². The van der Waals surface area contributed by atoms with Gasteiger partial charge in [0.05, 0.1) is 9.79 Å². The van der Waals surface area contributed by atoms with Gasteiger partial charge in [0.25, 0.3) is 0 Å². The van der Waals surface area contributed by atoms with Gasteiger partial charge in [-0.2, -0.15) is 0 Å². The molecule has 0 spiro atoms. The first kappa shape index (κ1) is 21.4. The predicted octanol–water partition coefficient (Wildman–Crippen LogP) is 4.03. The molecule has 2 rings (SSSR count). The predicted molar refractivity (Wildman–Crippen MR) is 112 cm³/mol. The molecule has 26 heavy (non-hydrogen) atoms. The Balaban J connectivity index is 2.12. The SMILES string of the molecule is Cc1ccc(S(=O)(O)=S)c(CCCCc2cc(C)ccc2S(=O)(O)=S)c1. The summed E-state index contributed by atoms with van der Waals surface area (Å²) in [7, 11) is -6.85. The minimum absolute atomic E-state index is 0.304. The van der Waals surface area contributed by atoms with Crippen molar-refractivity contribution in [1.29, 1.82) is 0 Å². The molecule has 2 aromatic rings. The van der Waals surface area contributed by atoms with E-state index < -0.39 is 17.5 Å². The van der Waals surface area contributed by atoms with E-state index in [-0.39, 0.29) is 0 Å². The van der Waals surface area contributed by atoms with Gasteiger partial charge in [-0.25, -0.2) is 8.42 Å². The van der Waals surface area contributed by atoms with Crippen molar-refractivity contribution in [3.05, 3.63) is 58.7 Å². The van der Waals surface area contributed by atoms with E-state index in [1.807, 2.05) is 26.0 Å². The Kier molecular flexibility index (Phi) is 6.92. The zero-order chi connectivity index (χ0) is 19.5. The highest BCUT2D eigenvalue weighted by Crippen LogP contribution is 2.22. The monoisotopic (exact) mass is 430 g/mol. The maximum atomic E-state index is 11.9. The van der Waals surface area contributed by atoms with Crippen molar-refractivity contribution in [2.24, 2.45) is 0 Å². The van der Waals surface area contributed by atoms with Gasteiger partial charge in [0.15, 0.2) is 17.5 Å². The Bertz CT molecular complexity index is 926. The van der Waals surface area contributed by atoms with Crippen LogP contribution in [-0.2, 0) is 52.8 Å². The number of unbranched alkanes of at least 4 members (excludes halogenated alkanes) is 1. The summed E-state index contributed by atoms with van der Waals surface area (Å²) in [6.45, 7) is 3.85. The zero-order valence-electron chi connectivity index (χ0n) is 14.6. The van der Waals surface area contributed by atoms with Crippen LogP contribution in [0.3, 0.4) is 0 Å². The summed E-state index contributed by atoms with van der Waals surface area (Å²) in [6, 6.07) is 10.6. The quantitative estimate of drug-likeness (QED) is 0.646. The van der Waals surface area contributed by atoms with E-state index in [0.29, 0.717) is 22.6 Å². The first-order valence-corrected chi connectivity index (χ1v) is 13.0. The van der Waals surface area contributed by atoms with Crippen LogP contribution < -0.4 is 0 Å². The third kappa shape index (κ3) is 5.80. The second-order valence-corrected chi connectivity index (χ2v) is 11.9. The number of hydrogen-bond acceptors (Lipinski definition) is 4. The fourth-order valence-electron chi connectivity index (χ4n) is 2.94. The number of benzene rings is 2. The first-order chi connectivity index (χ1) is 12.0. The van der Waals surface area contributed by atoms with Gasteiger partial charge in [-0.3, -0.25) is 0 Å². The van der Waals surface area contributed by atoms with Crippen molar-refractivity contribution in [3.63, 3.8) is 0 Å². The van der Waals surface area contributed by atoms with Crippen LogP contribution in [0.25, 0.3) is 0 Å². The van der Waals surface area contributed by atoms with Gasteiger partial charge in [0, 0.05) is 22.4 Å². The van der Waals surface area contributed by atoms with Crippen LogP contribution in [0.5, 0.6) is 0 Å². The van der Waals surface area contributed by atoms with E-state index in [1.54, 1.807) is 24.3 Å². The molecule has 4 nitrogen and oxygen atoms in total. The fourth-order valence-corrected chi connectivity index (χ4v) is 5.38. The van der Waals surface area contributed by atoms with Crippen LogP contribution in [0.2, 0.25) is 0 Å². The third-order valence-corrected chi connectivity index (χ3v) is 7.12. The highest BCUT2D eigenvalue weighted by Gasteiger charge is 2.14. The van der Waals surface area contributed by atoms with Crippen molar-refractivity contribution < 1.29 is 17.5 Å². The lowest BCUT2D eigenvalue weighted by atomic mass is 10.0. The van der Waals surface area contributed by atoms with Gasteiger partial charge >= 0.3 is 0 Å². The molecule has 0 aliphatic rings. The molecular weight excluding hydrogens is 408 g/mol. The Morgan fingerprint density at radius 3 is 1.42 bits per heavy atom. The van der Waals surface area contributed by atoms with Crippen molar-refractivity contribution >= 4 is 39.9 Å². The lowest BCUT2D eigenvalue weighted by Gasteiger charge is -2.12. The molecular formula is C18H22O4S4. The Hall–Kier alpha value is -0.900. The number of aryl methyl sites for hydroxylation is 4. The van der Waals surface area contributed by atoms with Gasteiger partial charge < -0.3 is 9.11 Å². The average molecular weight is 431 g/mol. The van der Waals surface area contributed by atoms with Gasteiger partial charge in [0.1, 0.15) is 0 Å². The molecule has 0 amide bonds. The topological polar surface area (TPSA) is 74.6 Å². The van der Waals surface area contributed by atoms with Gasteiger partial charge in [0.2, 0.25) is 0 Å². The Morgan fingerprint density at radius 2 is 1.12 bits per heavy atom. The summed E-state index contributed by atoms with van der Waals surface area (Å²) in [5, 5.41) is 0. The van der Waals surface area contributed by atoms with E-state index in [4.69, 9.17) is 22.4 Å². The molecule has 2 unspecified atom stereocenters. The van der Waals surface area contributed by atoms with E-state index in [0.717, 1.165) is 35.1 Å². The zero-order valence-corrected chi connectivity index (χ0v) is 17.9. The highest BCUT2D eigenvalue weighted by molar-refractivity contribution is 8.30. The van der Waals surface area contributed by atoms with E-state index >= 15 is 0 Å². The molecule has 2 N–H and O–H groups in total. The molecule has 0 saturated heterocycles. The van der Waals surface area contributed by atoms with Crippen LogP contribution in [0.1, 0.15) is 35.1 Å². The lowest BCUT2D eigenvalue weighted by Crippen LogP contribution is -2.04. The summed E-state index contributed by atoms with van der Waals surface area (Å²) >= 11 is 9.44. The maximum Gasteiger partial charge on any atom is 0.171 e. The number of rotatable bonds is 7. The lowest BCUT2D eigenvalue weighted by molar-refractivity contribution is 0.557. The summed E-state index contributed by atoms with van der Waals surface area (Å²) in [6.07, 6.45) is 2.76. The minimum Gasteiger partial charge on any atom is -0.302 e. The van der Waals surface area contributed by atoms with Crippen molar-refractivity contribution in [3.8, 4) is 0 Å². The molecule has 0 saturated carbocycles. The molecule has 8 heteroatoms. The molecule has 0 bridgehead atoms. The third-order valence-electron chi connectivity index (χ3n) is 4.13. The first-order valence-electron chi connectivity index (χ1n) is 8.12. The van der Waals surface area contributed by atoms with Crippen molar-refractivity contribution in [2.45, 2.75) is 49.3 Å². The maximum absolute atomic E-state index is 11.9. The molecule has 2 aromatic carbocycles. The number of hydrogen-bond donors (Lipinski definition) is 2. The standard InChI is InChI=1S/C18H22O4S4/c1-13-7-9-17(25(19,20)23)15(11-13)5-3-4-6-16-12-14(2)8-10-18(16)26(21,22)24/h7-12H,3-6H2,1-2H3,(H,19,20,23)(H,21,22,24). The summed E-state index contributed by atoms with van der Waals surface area (Å²) in [5.41, 5.74) is 3.58. The molecule has 0 fully saturated rings. The smallest absolute Gasteiger partial charge is 0.171 e. The van der Waals surface area contributed by atoms with Crippen LogP contribution in [0.15, 0.2) is 46.2 Å². The molecule has 0 heterocycles. The van der Waals surface area contributed by atoms with Gasteiger partial charge in [-0.05, 0) is 62.8 Å². The second kappa shape index (κ2) is 8.41. The van der Waals surface area contributed by atoms with Gasteiger partial charge in [-0.15, -0.1) is 0 Å². The van der Waals surface area contributed by atoms with E-state index in [1.165, 1.54) is 0 Å². The van der Waals surface area contributed by atoms with E-state index in [2.05, 4.69) is 0 Å². The molecule has 0 aromatic heterocycles. The molecule has 142 valence electrons. The minimum atomic E-state index is -3.42. The molecule has 2 atom stereocenters.